The minimum Gasteiger partial charge on any atom is -0.491 e. The predicted octanol–water partition coefficient (Wildman–Crippen LogP) is 6.19. The summed E-state index contributed by atoms with van der Waals surface area (Å²) < 4.78 is 11.8. The van der Waals surface area contributed by atoms with Gasteiger partial charge in [-0.3, -0.25) is 0 Å². The highest BCUT2D eigenvalue weighted by molar-refractivity contribution is 5.46. The van der Waals surface area contributed by atoms with Crippen molar-refractivity contribution in [3.63, 3.8) is 0 Å². The normalized spacial score (nSPS) is 10.7. The largest absolute Gasteiger partial charge is 0.491 e. The van der Waals surface area contributed by atoms with Gasteiger partial charge in [0.05, 0.1) is 0 Å². The molecule has 0 fully saturated rings. The van der Waals surface area contributed by atoms with Gasteiger partial charge in [0.2, 0.25) is 0 Å². The van der Waals surface area contributed by atoms with Crippen LogP contribution in [-0.4, -0.2) is 13.2 Å². The van der Waals surface area contributed by atoms with Crippen LogP contribution < -0.4 is 14.8 Å². The van der Waals surface area contributed by atoms with E-state index in [2.05, 4.69) is 56.4 Å². The van der Waals surface area contributed by atoms with Crippen molar-refractivity contribution in [3.8, 4) is 11.5 Å². The fourth-order valence-corrected chi connectivity index (χ4v) is 3.01. The molecule has 28 heavy (non-hydrogen) atoms. The Hall–Kier alpha value is -2.94. The molecule has 3 rings (SSSR count). The van der Waals surface area contributed by atoms with Crippen LogP contribution in [0.5, 0.6) is 11.5 Å². The average Bonchev–Trinajstić information content (AvgIpc) is 2.71. The fourth-order valence-electron chi connectivity index (χ4n) is 3.01. The zero-order valence-electron chi connectivity index (χ0n) is 16.9. The molecule has 0 aliphatic heterocycles. The first-order valence-corrected chi connectivity index (χ1v) is 9.86. The van der Waals surface area contributed by atoms with Crippen molar-refractivity contribution in [1.82, 2.24) is 0 Å². The van der Waals surface area contributed by atoms with Gasteiger partial charge in [0.1, 0.15) is 24.7 Å². The van der Waals surface area contributed by atoms with E-state index in [1.54, 1.807) is 0 Å². The smallest absolute Gasteiger partial charge is 0.123 e. The Balaban J connectivity index is 1.45. The maximum atomic E-state index is 6.03. The minimum atomic E-state index is 0.451. The number of hydrogen-bond acceptors (Lipinski definition) is 3. The van der Waals surface area contributed by atoms with Crippen molar-refractivity contribution in [2.45, 2.75) is 33.3 Å². The van der Waals surface area contributed by atoms with Crippen molar-refractivity contribution in [3.05, 3.63) is 89.5 Å². The lowest BCUT2D eigenvalue weighted by molar-refractivity contribution is 0.306. The second-order valence-electron chi connectivity index (χ2n) is 7.27. The second-order valence-corrected chi connectivity index (χ2v) is 7.27. The Morgan fingerprint density at radius 3 is 2.32 bits per heavy atom. The average molecular weight is 376 g/mol. The molecule has 0 aliphatic rings. The van der Waals surface area contributed by atoms with E-state index in [-0.39, 0.29) is 0 Å². The fraction of sp³-hybridized carbons (Fsp3) is 0.280. The summed E-state index contributed by atoms with van der Waals surface area (Å²) >= 11 is 0. The van der Waals surface area contributed by atoms with Gasteiger partial charge in [-0.05, 0) is 59.9 Å². The molecule has 1 N–H and O–H groups in total. The summed E-state index contributed by atoms with van der Waals surface area (Å²) in [6.07, 6.45) is 0. The lowest BCUT2D eigenvalue weighted by atomic mass is 10.0. The number of aryl methyl sites for hydroxylation is 1. The van der Waals surface area contributed by atoms with Gasteiger partial charge in [0.25, 0.3) is 0 Å². The maximum absolute atomic E-state index is 6.03. The first-order chi connectivity index (χ1) is 13.6. The van der Waals surface area contributed by atoms with E-state index < -0.39 is 0 Å². The zero-order chi connectivity index (χ0) is 19.8. The van der Waals surface area contributed by atoms with Crippen molar-refractivity contribution in [2.24, 2.45) is 0 Å². The molecular formula is C25H29NO2. The number of rotatable bonds is 9. The number of hydrogen-bond donors (Lipinski definition) is 1. The molecular weight excluding hydrogens is 346 g/mol. The molecule has 0 heterocycles. The monoisotopic (exact) mass is 375 g/mol. The molecule has 0 bridgehead atoms. The Morgan fingerprint density at radius 1 is 0.857 bits per heavy atom. The van der Waals surface area contributed by atoms with Gasteiger partial charge in [0.15, 0.2) is 0 Å². The van der Waals surface area contributed by atoms with Crippen LogP contribution in [0.3, 0.4) is 0 Å². The molecule has 146 valence electrons. The van der Waals surface area contributed by atoms with E-state index in [1.165, 1.54) is 16.7 Å². The van der Waals surface area contributed by atoms with Crippen molar-refractivity contribution in [1.29, 1.82) is 0 Å². The Morgan fingerprint density at radius 2 is 1.61 bits per heavy atom. The van der Waals surface area contributed by atoms with Gasteiger partial charge in [-0.1, -0.05) is 56.3 Å². The molecule has 0 saturated carbocycles. The van der Waals surface area contributed by atoms with Crippen LogP contribution in [0.2, 0.25) is 0 Å². The van der Waals surface area contributed by atoms with Crippen LogP contribution in [-0.2, 0) is 6.61 Å². The minimum absolute atomic E-state index is 0.451. The summed E-state index contributed by atoms with van der Waals surface area (Å²) in [5.41, 5.74) is 4.70. The quantitative estimate of drug-likeness (QED) is 0.452. The van der Waals surface area contributed by atoms with E-state index in [1.807, 2.05) is 42.5 Å². The zero-order valence-corrected chi connectivity index (χ0v) is 16.9. The topological polar surface area (TPSA) is 30.5 Å². The first-order valence-electron chi connectivity index (χ1n) is 9.86. The predicted molar refractivity (Wildman–Crippen MR) is 116 cm³/mol. The van der Waals surface area contributed by atoms with Crippen LogP contribution in [0, 0.1) is 6.92 Å². The summed E-state index contributed by atoms with van der Waals surface area (Å²) in [5, 5.41) is 3.40. The highest BCUT2D eigenvalue weighted by Crippen LogP contribution is 2.27. The summed E-state index contributed by atoms with van der Waals surface area (Å²) in [4.78, 5) is 0. The van der Waals surface area contributed by atoms with Gasteiger partial charge in [-0.2, -0.15) is 0 Å². The Kier molecular flexibility index (Phi) is 6.96. The number of ether oxygens (including phenoxy) is 2. The molecule has 0 aromatic heterocycles. The first kappa shape index (κ1) is 19.8. The van der Waals surface area contributed by atoms with Crippen LogP contribution in [0.25, 0.3) is 0 Å². The van der Waals surface area contributed by atoms with Crippen molar-refractivity contribution >= 4 is 5.69 Å². The molecule has 0 aliphatic carbocycles. The van der Waals surface area contributed by atoms with E-state index in [0.29, 0.717) is 19.1 Å². The molecule has 3 nitrogen and oxygen atoms in total. The molecule has 3 aromatic carbocycles. The lowest BCUT2D eigenvalue weighted by Gasteiger charge is -2.15. The standard InChI is InChI=1S/C25H29NO2/c1-19(2)24-14-9-20(3)17-25(24)27-16-15-26-22-10-12-23(13-11-22)28-18-21-7-5-4-6-8-21/h4-14,17,19,26H,15-16,18H2,1-3H3. The van der Waals surface area contributed by atoms with E-state index >= 15 is 0 Å². The molecule has 0 saturated heterocycles. The summed E-state index contributed by atoms with van der Waals surface area (Å²) in [5.74, 6) is 2.31. The highest BCUT2D eigenvalue weighted by Gasteiger charge is 2.08. The number of nitrogens with one attached hydrogen (secondary N) is 1. The second kappa shape index (κ2) is 9.84. The third-order valence-corrected chi connectivity index (χ3v) is 4.58. The van der Waals surface area contributed by atoms with Crippen LogP contribution in [0.15, 0.2) is 72.8 Å². The summed E-state index contributed by atoms with van der Waals surface area (Å²) in [7, 11) is 0. The van der Waals surface area contributed by atoms with Crippen molar-refractivity contribution < 1.29 is 9.47 Å². The van der Waals surface area contributed by atoms with E-state index in [0.717, 1.165) is 23.7 Å². The third-order valence-electron chi connectivity index (χ3n) is 4.58. The third kappa shape index (κ3) is 5.78. The molecule has 0 amide bonds. The van der Waals surface area contributed by atoms with Crippen LogP contribution in [0.1, 0.15) is 36.5 Å². The van der Waals surface area contributed by atoms with E-state index in [9.17, 15) is 0 Å². The summed E-state index contributed by atoms with van der Waals surface area (Å²) in [6, 6.07) is 24.7. The van der Waals surface area contributed by atoms with Gasteiger partial charge in [-0.15, -0.1) is 0 Å². The van der Waals surface area contributed by atoms with Crippen molar-refractivity contribution in [2.75, 3.05) is 18.5 Å². The van der Waals surface area contributed by atoms with Crippen LogP contribution >= 0.6 is 0 Å². The lowest BCUT2D eigenvalue weighted by Crippen LogP contribution is -2.12. The number of anilines is 1. The van der Waals surface area contributed by atoms with Gasteiger partial charge in [-0.25, -0.2) is 0 Å². The highest BCUT2D eigenvalue weighted by atomic mass is 16.5. The maximum Gasteiger partial charge on any atom is 0.123 e. The van der Waals surface area contributed by atoms with Crippen LogP contribution in [0.4, 0.5) is 5.69 Å². The number of benzene rings is 3. The SMILES string of the molecule is Cc1ccc(C(C)C)c(OCCNc2ccc(OCc3ccccc3)cc2)c1. The Bertz CT molecular complexity index is 857. The molecule has 3 heteroatoms. The molecule has 0 spiro atoms. The molecule has 3 aromatic rings. The molecule has 0 unspecified atom stereocenters. The van der Waals surface area contributed by atoms with E-state index in [4.69, 9.17) is 9.47 Å². The van der Waals surface area contributed by atoms with Gasteiger partial charge < -0.3 is 14.8 Å². The Labute approximate surface area is 168 Å². The summed E-state index contributed by atoms with van der Waals surface area (Å²) in [6.45, 7) is 8.42. The molecule has 0 atom stereocenters. The van der Waals surface area contributed by atoms with Gasteiger partial charge >= 0.3 is 0 Å². The van der Waals surface area contributed by atoms with Gasteiger partial charge in [0, 0.05) is 12.2 Å². The molecule has 0 radical (unpaired) electrons.